The van der Waals surface area contributed by atoms with E-state index in [2.05, 4.69) is 0 Å². The lowest BCUT2D eigenvalue weighted by Crippen LogP contribution is -2.39. The molecule has 0 heterocycles. The molecule has 0 amide bonds. The van der Waals surface area contributed by atoms with Crippen LogP contribution in [0.5, 0.6) is 0 Å². The van der Waals surface area contributed by atoms with Gasteiger partial charge in [0.2, 0.25) is 0 Å². The molecule has 18 heavy (non-hydrogen) atoms. The zero-order valence-electron chi connectivity index (χ0n) is 11.0. The fourth-order valence-corrected chi connectivity index (χ4v) is 1.75. The lowest BCUT2D eigenvalue weighted by atomic mass is 9.83. The molecule has 0 bridgehead atoms. The molecule has 0 fully saturated rings. The second kappa shape index (κ2) is 6.52. The first kappa shape index (κ1) is 14.7. The van der Waals surface area contributed by atoms with Gasteiger partial charge in [0.1, 0.15) is 0 Å². The molecule has 4 heteroatoms. The van der Waals surface area contributed by atoms with Crippen LogP contribution in [0.4, 0.5) is 0 Å². The van der Waals surface area contributed by atoms with Crippen molar-refractivity contribution in [1.29, 1.82) is 0 Å². The Morgan fingerprint density at radius 3 is 2.33 bits per heavy atom. The van der Waals surface area contributed by atoms with E-state index >= 15 is 0 Å². The molecule has 3 N–H and O–H groups in total. The highest BCUT2D eigenvalue weighted by Crippen LogP contribution is 2.23. The number of carbonyl (C=O) groups is 1. The molecule has 0 aliphatic heterocycles. The Morgan fingerprint density at radius 1 is 1.33 bits per heavy atom. The summed E-state index contributed by atoms with van der Waals surface area (Å²) in [7, 11) is 0. The van der Waals surface area contributed by atoms with Gasteiger partial charge in [-0.1, -0.05) is 24.3 Å². The highest BCUT2D eigenvalue weighted by molar-refractivity contribution is 5.77. The topological polar surface area (TPSA) is 72.5 Å². The van der Waals surface area contributed by atoms with E-state index in [1.54, 1.807) is 6.92 Å². The molecule has 0 saturated carbocycles. The molecule has 1 atom stereocenters. The predicted molar refractivity (Wildman–Crippen MR) is 69.9 cm³/mol. The van der Waals surface area contributed by atoms with Crippen LogP contribution in [0.25, 0.3) is 0 Å². The molecule has 0 saturated heterocycles. The van der Waals surface area contributed by atoms with Crippen molar-refractivity contribution in [1.82, 2.24) is 0 Å². The van der Waals surface area contributed by atoms with Crippen molar-refractivity contribution in [2.75, 3.05) is 13.2 Å². The summed E-state index contributed by atoms with van der Waals surface area (Å²) in [5.74, 6) is -0.265. The van der Waals surface area contributed by atoms with E-state index < -0.39 is 5.41 Å². The Bertz CT molecular complexity index is 389. The van der Waals surface area contributed by atoms with Gasteiger partial charge >= 0.3 is 5.97 Å². The third-order valence-electron chi connectivity index (χ3n) is 3.02. The van der Waals surface area contributed by atoms with Crippen molar-refractivity contribution in [3.8, 4) is 0 Å². The standard InChI is InChI=1S/C14H21NO3/c1-3-18-13(17)14(2,10-15)8-11-4-6-12(9-16)7-5-11/h4-7,16H,3,8-10,15H2,1-2H3. The van der Waals surface area contributed by atoms with Gasteiger partial charge in [-0.2, -0.15) is 0 Å². The van der Waals surface area contributed by atoms with Crippen molar-refractivity contribution >= 4 is 5.97 Å². The number of aliphatic hydroxyl groups is 1. The van der Waals surface area contributed by atoms with Crippen LogP contribution in [0.15, 0.2) is 24.3 Å². The second-order valence-electron chi connectivity index (χ2n) is 4.64. The number of ether oxygens (including phenoxy) is 1. The SMILES string of the molecule is CCOC(=O)C(C)(CN)Cc1ccc(CO)cc1. The molecular weight excluding hydrogens is 230 g/mol. The number of benzene rings is 1. The Kier molecular flexibility index (Phi) is 5.31. The second-order valence-corrected chi connectivity index (χ2v) is 4.64. The first-order chi connectivity index (χ1) is 8.55. The van der Waals surface area contributed by atoms with E-state index in [4.69, 9.17) is 15.6 Å². The van der Waals surface area contributed by atoms with Gasteiger partial charge in [0.15, 0.2) is 0 Å². The Balaban J connectivity index is 2.80. The summed E-state index contributed by atoms with van der Waals surface area (Å²) in [6, 6.07) is 7.49. The smallest absolute Gasteiger partial charge is 0.313 e. The van der Waals surface area contributed by atoms with Crippen molar-refractivity contribution < 1.29 is 14.6 Å². The van der Waals surface area contributed by atoms with Crippen molar-refractivity contribution in [3.63, 3.8) is 0 Å². The number of hydrogen-bond acceptors (Lipinski definition) is 4. The van der Waals surface area contributed by atoms with Gasteiger partial charge in [0.25, 0.3) is 0 Å². The molecule has 1 unspecified atom stereocenters. The molecule has 4 nitrogen and oxygen atoms in total. The molecule has 0 aliphatic carbocycles. The summed E-state index contributed by atoms with van der Waals surface area (Å²) >= 11 is 0. The third kappa shape index (κ3) is 3.55. The van der Waals surface area contributed by atoms with Crippen LogP contribution in [0.1, 0.15) is 25.0 Å². The van der Waals surface area contributed by atoms with Gasteiger partial charge in [-0.15, -0.1) is 0 Å². The van der Waals surface area contributed by atoms with Gasteiger partial charge in [0, 0.05) is 6.54 Å². The normalized spacial score (nSPS) is 14.0. The Morgan fingerprint density at radius 2 is 1.89 bits per heavy atom. The highest BCUT2D eigenvalue weighted by Gasteiger charge is 2.33. The van der Waals surface area contributed by atoms with E-state index in [1.807, 2.05) is 31.2 Å². The summed E-state index contributed by atoms with van der Waals surface area (Å²) < 4.78 is 5.06. The third-order valence-corrected chi connectivity index (χ3v) is 3.02. The van der Waals surface area contributed by atoms with Gasteiger partial charge in [-0.3, -0.25) is 4.79 Å². The number of aliphatic hydroxyl groups excluding tert-OH is 1. The Labute approximate surface area is 108 Å². The first-order valence-electron chi connectivity index (χ1n) is 6.11. The van der Waals surface area contributed by atoms with E-state index in [-0.39, 0.29) is 19.1 Å². The molecule has 0 radical (unpaired) electrons. The molecule has 1 aromatic carbocycles. The fraction of sp³-hybridized carbons (Fsp3) is 0.500. The lowest BCUT2D eigenvalue weighted by Gasteiger charge is -2.25. The minimum absolute atomic E-state index is 0.0202. The summed E-state index contributed by atoms with van der Waals surface area (Å²) in [5.41, 5.74) is 6.86. The number of hydrogen-bond donors (Lipinski definition) is 2. The Hall–Kier alpha value is -1.39. The van der Waals surface area contributed by atoms with E-state index in [9.17, 15) is 4.79 Å². The minimum Gasteiger partial charge on any atom is -0.466 e. The van der Waals surface area contributed by atoms with Gasteiger partial charge < -0.3 is 15.6 Å². The van der Waals surface area contributed by atoms with Crippen molar-refractivity contribution in [2.45, 2.75) is 26.9 Å². The van der Waals surface area contributed by atoms with Gasteiger partial charge in [-0.05, 0) is 31.4 Å². The first-order valence-corrected chi connectivity index (χ1v) is 6.11. The molecule has 100 valence electrons. The summed E-state index contributed by atoms with van der Waals surface area (Å²) in [5, 5.41) is 8.97. The van der Waals surface area contributed by atoms with Gasteiger partial charge in [-0.25, -0.2) is 0 Å². The van der Waals surface area contributed by atoms with Crippen LogP contribution in [-0.2, 0) is 22.6 Å². The lowest BCUT2D eigenvalue weighted by molar-refractivity contribution is -0.153. The monoisotopic (exact) mass is 251 g/mol. The fourth-order valence-electron chi connectivity index (χ4n) is 1.75. The van der Waals surface area contributed by atoms with E-state index in [1.165, 1.54) is 0 Å². The average molecular weight is 251 g/mol. The molecule has 0 spiro atoms. The summed E-state index contributed by atoms with van der Waals surface area (Å²) in [6.07, 6.45) is 0.536. The van der Waals surface area contributed by atoms with Crippen LogP contribution in [0.2, 0.25) is 0 Å². The maximum Gasteiger partial charge on any atom is 0.313 e. The van der Waals surface area contributed by atoms with E-state index in [0.717, 1.165) is 11.1 Å². The number of nitrogens with two attached hydrogens (primary N) is 1. The number of rotatable bonds is 6. The van der Waals surface area contributed by atoms with Crippen molar-refractivity contribution in [3.05, 3.63) is 35.4 Å². The predicted octanol–water partition coefficient (Wildman–Crippen LogP) is 1.25. The summed E-state index contributed by atoms with van der Waals surface area (Å²) in [4.78, 5) is 11.9. The minimum atomic E-state index is -0.698. The van der Waals surface area contributed by atoms with Crippen LogP contribution in [0, 0.1) is 5.41 Å². The van der Waals surface area contributed by atoms with E-state index in [0.29, 0.717) is 13.0 Å². The average Bonchev–Trinajstić information content (AvgIpc) is 2.39. The quantitative estimate of drug-likeness (QED) is 0.746. The maximum absolute atomic E-state index is 11.9. The largest absolute Gasteiger partial charge is 0.466 e. The maximum atomic E-state index is 11.9. The van der Waals surface area contributed by atoms with Crippen LogP contribution in [-0.4, -0.2) is 24.2 Å². The van der Waals surface area contributed by atoms with Crippen LogP contribution in [0.3, 0.4) is 0 Å². The van der Waals surface area contributed by atoms with Crippen molar-refractivity contribution in [2.24, 2.45) is 11.1 Å². The van der Waals surface area contributed by atoms with Crippen LogP contribution < -0.4 is 5.73 Å². The molecule has 0 aromatic heterocycles. The van der Waals surface area contributed by atoms with Gasteiger partial charge in [0.05, 0.1) is 18.6 Å². The molecular formula is C14H21NO3. The van der Waals surface area contributed by atoms with Crippen LogP contribution >= 0.6 is 0 Å². The zero-order valence-corrected chi connectivity index (χ0v) is 11.0. The molecule has 0 aliphatic rings. The molecule has 1 rings (SSSR count). The molecule has 1 aromatic rings. The zero-order chi connectivity index (χ0) is 13.6. The summed E-state index contributed by atoms with van der Waals surface area (Å²) in [6.45, 7) is 4.22. The highest BCUT2D eigenvalue weighted by atomic mass is 16.5. The number of carbonyl (C=O) groups excluding carboxylic acids is 1. The number of esters is 1.